The van der Waals surface area contributed by atoms with Crippen molar-refractivity contribution in [3.05, 3.63) is 70.3 Å². The topological polar surface area (TPSA) is 38.0 Å². The Balaban J connectivity index is 2.56. The Morgan fingerprint density at radius 3 is 2.47 bits per heavy atom. The Morgan fingerprint density at radius 2 is 1.79 bits per heavy atom. The summed E-state index contributed by atoms with van der Waals surface area (Å²) in [5.41, 5.74) is 5.70. The van der Waals surface area contributed by atoms with Crippen LogP contribution in [0.1, 0.15) is 28.3 Å². The molecule has 0 saturated heterocycles. The van der Waals surface area contributed by atoms with Crippen LogP contribution in [0.25, 0.3) is 0 Å². The summed E-state index contributed by atoms with van der Waals surface area (Å²) in [5, 5.41) is 0. The number of benzene rings is 2. The number of nitrogens with two attached hydrogens (primary N) is 1. The van der Waals surface area contributed by atoms with Crippen molar-refractivity contribution in [2.75, 3.05) is 0 Å². The lowest BCUT2D eigenvalue weighted by Gasteiger charge is -2.20. The second-order valence-corrected chi connectivity index (χ2v) is 4.55. The second-order valence-electron chi connectivity index (χ2n) is 4.55. The molecule has 0 aliphatic rings. The number of aryl methyl sites for hydroxylation is 1. The fraction of sp³-hybridized carbons (Fsp3) is 0.200. The quantitative estimate of drug-likeness (QED) is 0.658. The van der Waals surface area contributed by atoms with Crippen molar-refractivity contribution in [1.29, 1.82) is 0 Å². The summed E-state index contributed by atoms with van der Waals surface area (Å²) in [6.07, 6.45) is 0. The first-order valence-electron chi connectivity index (χ1n) is 6.01. The molecular formula is C15H16F2N2. The van der Waals surface area contributed by atoms with E-state index in [0.29, 0.717) is 0 Å². The summed E-state index contributed by atoms with van der Waals surface area (Å²) in [5.74, 6) is 4.57. The molecule has 0 aliphatic heterocycles. The fourth-order valence-corrected chi connectivity index (χ4v) is 2.17. The van der Waals surface area contributed by atoms with E-state index in [-0.39, 0.29) is 5.56 Å². The third kappa shape index (κ3) is 2.64. The summed E-state index contributed by atoms with van der Waals surface area (Å²) in [6, 6.07) is 8.50. The van der Waals surface area contributed by atoms with Gasteiger partial charge in [0.25, 0.3) is 0 Å². The average molecular weight is 262 g/mol. The van der Waals surface area contributed by atoms with Gasteiger partial charge in [0.1, 0.15) is 11.6 Å². The van der Waals surface area contributed by atoms with Gasteiger partial charge in [-0.2, -0.15) is 0 Å². The molecule has 1 unspecified atom stereocenters. The normalized spacial score (nSPS) is 12.5. The molecule has 0 heterocycles. The molecule has 2 nitrogen and oxygen atoms in total. The molecule has 100 valence electrons. The highest BCUT2D eigenvalue weighted by Gasteiger charge is 2.19. The zero-order chi connectivity index (χ0) is 14.0. The van der Waals surface area contributed by atoms with E-state index < -0.39 is 17.7 Å². The predicted molar refractivity (Wildman–Crippen MR) is 71.4 cm³/mol. The van der Waals surface area contributed by atoms with Gasteiger partial charge in [0, 0.05) is 5.56 Å². The van der Waals surface area contributed by atoms with Gasteiger partial charge >= 0.3 is 0 Å². The van der Waals surface area contributed by atoms with Crippen LogP contribution in [0, 0.1) is 25.5 Å². The predicted octanol–water partition coefficient (Wildman–Crippen LogP) is 3.13. The molecule has 0 amide bonds. The second kappa shape index (κ2) is 5.47. The zero-order valence-corrected chi connectivity index (χ0v) is 10.9. The molecule has 0 spiro atoms. The lowest BCUT2D eigenvalue weighted by molar-refractivity contribution is 0.544. The average Bonchev–Trinajstić information content (AvgIpc) is 2.39. The molecule has 0 radical (unpaired) electrons. The van der Waals surface area contributed by atoms with Gasteiger partial charge in [-0.25, -0.2) is 14.2 Å². The smallest absolute Gasteiger partial charge is 0.128 e. The Labute approximate surface area is 111 Å². The highest BCUT2D eigenvalue weighted by atomic mass is 19.1. The third-order valence-electron chi connectivity index (χ3n) is 3.39. The molecule has 19 heavy (non-hydrogen) atoms. The van der Waals surface area contributed by atoms with E-state index in [0.717, 1.165) is 28.8 Å². The van der Waals surface area contributed by atoms with Crippen molar-refractivity contribution in [2.45, 2.75) is 19.9 Å². The lowest BCUT2D eigenvalue weighted by atomic mass is 9.93. The minimum atomic E-state index is -0.574. The van der Waals surface area contributed by atoms with E-state index in [1.54, 1.807) is 0 Å². The number of hydrazine groups is 1. The van der Waals surface area contributed by atoms with Gasteiger partial charge in [-0.15, -0.1) is 0 Å². The molecule has 1 atom stereocenters. The van der Waals surface area contributed by atoms with Gasteiger partial charge in [0.05, 0.1) is 6.04 Å². The molecular weight excluding hydrogens is 246 g/mol. The van der Waals surface area contributed by atoms with E-state index in [1.165, 1.54) is 6.07 Å². The lowest BCUT2D eigenvalue weighted by Crippen LogP contribution is -2.30. The largest absolute Gasteiger partial charge is 0.271 e. The van der Waals surface area contributed by atoms with Crippen molar-refractivity contribution >= 4 is 0 Å². The highest BCUT2D eigenvalue weighted by Crippen LogP contribution is 2.28. The monoisotopic (exact) mass is 262 g/mol. The minimum Gasteiger partial charge on any atom is -0.271 e. The van der Waals surface area contributed by atoms with Crippen LogP contribution in [0.4, 0.5) is 8.78 Å². The van der Waals surface area contributed by atoms with E-state index in [1.807, 2.05) is 32.0 Å². The summed E-state index contributed by atoms with van der Waals surface area (Å²) in [7, 11) is 0. The molecule has 0 saturated carbocycles. The molecule has 0 fully saturated rings. The maximum atomic E-state index is 13.9. The van der Waals surface area contributed by atoms with Crippen molar-refractivity contribution in [1.82, 2.24) is 5.43 Å². The van der Waals surface area contributed by atoms with Crippen molar-refractivity contribution in [2.24, 2.45) is 5.84 Å². The number of hydrogen-bond donors (Lipinski definition) is 2. The number of halogens is 2. The van der Waals surface area contributed by atoms with Gasteiger partial charge < -0.3 is 0 Å². The molecule has 0 aromatic heterocycles. The van der Waals surface area contributed by atoms with Crippen LogP contribution in [0.3, 0.4) is 0 Å². The van der Waals surface area contributed by atoms with E-state index >= 15 is 0 Å². The molecule has 3 N–H and O–H groups in total. The van der Waals surface area contributed by atoms with Crippen LogP contribution in [0.5, 0.6) is 0 Å². The van der Waals surface area contributed by atoms with Crippen molar-refractivity contribution in [3.63, 3.8) is 0 Å². The zero-order valence-electron chi connectivity index (χ0n) is 10.9. The maximum absolute atomic E-state index is 13.9. The maximum Gasteiger partial charge on any atom is 0.128 e. The third-order valence-corrected chi connectivity index (χ3v) is 3.39. The summed E-state index contributed by atoms with van der Waals surface area (Å²) >= 11 is 0. The summed E-state index contributed by atoms with van der Waals surface area (Å²) in [6.45, 7) is 3.90. The fourth-order valence-electron chi connectivity index (χ4n) is 2.17. The summed E-state index contributed by atoms with van der Waals surface area (Å²) in [4.78, 5) is 0. The number of rotatable bonds is 3. The van der Waals surface area contributed by atoms with Gasteiger partial charge in [0.15, 0.2) is 0 Å². The van der Waals surface area contributed by atoms with Crippen molar-refractivity contribution in [3.8, 4) is 0 Å². The van der Waals surface area contributed by atoms with Crippen LogP contribution >= 0.6 is 0 Å². The van der Waals surface area contributed by atoms with Crippen LogP contribution in [-0.2, 0) is 0 Å². The standard InChI is InChI=1S/C15H16F2N2/c1-9-4-3-5-12(10(9)2)15(19-18)13-8-11(16)6-7-14(13)17/h3-8,15,19H,18H2,1-2H3. The van der Waals surface area contributed by atoms with Gasteiger partial charge in [-0.05, 0) is 48.7 Å². The molecule has 0 bridgehead atoms. The Morgan fingerprint density at radius 1 is 1.05 bits per heavy atom. The van der Waals surface area contributed by atoms with Crippen LogP contribution in [-0.4, -0.2) is 0 Å². The Kier molecular flexibility index (Phi) is 3.93. The first-order chi connectivity index (χ1) is 9.04. The SMILES string of the molecule is Cc1cccc(C(NN)c2cc(F)ccc2F)c1C. The summed E-state index contributed by atoms with van der Waals surface area (Å²) < 4.78 is 27.2. The Hall–Kier alpha value is -1.78. The number of nitrogens with one attached hydrogen (secondary N) is 1. The van der Waals surface area contributed by atoms with Crippen LogP contribution in [0.15, 0.2) is 36.4 Å². The van der Waals surface area contributed by atoms with E-state index in [9.17, 15) is 8.78 Å². The molecule has 4 heteroatoms. The first-order valence-corrected chi connectivity index (χ1v) is 6.01. The molecule has 2 rings (SSSR count). The van der Waals surface area contributed by atoms with Gasteiger partial charge in [0.2, 0.25) is 0 Å². The van der Waals surface area contributed by atoms with Crippen LogP contribution < -0.4 is 11.3 Å². The molecule has 0 aliphatic carbocycles. The number of hydrogen-bond acceptors (Lipinski definition) is 2. The minimum absolute atomic E-state index is 0.205. The van der Waals surface area contributed by atoms with Crippen LogP contribution in [0.2, 0.25) is 0 Å². The molecule has 2 aromatic rings. The Bertz CT molecular complexity index is 595. The molecule has 2 aromatic carbocycles. The highest BCUT2D eigenvalue weighted by molar-refractivity contribution is 5.41. The van der Waals surface area contributed by atoms with Gasteiger partial charge in [-0.1, -0.05) is 18.2 Å². The van der Waals surface area contributed by atoms with Gasteiger partial charge in [-0.3, -0.25) is 5.84 Å². The van der Waals surface area contributed by atoms with E-state index in [4.69, 9.17) is 5.84 Å². The van der Waals surface area contributed by atoms with Crippen molar-refractivity contribution < 1.29 is 8.78 Å². The van der Waals surface area contributed by atoms with E-state index in [2.05, 4.69) is 5.43 Å². The first kappa shape index (κ1) is 13.6.